The molecule has 4 atom stereocenters. The van der Waals surface area contributed by atoms with E-state index in [0.29, 0.717) is 6.42 Å². The van der Waals surface area contributed by atoms with E-state index < -0.39 is 218 Å². The second-order valence-electron chi connectivity index (χ2n) is 32.4. The summed E-state index contributed by atoms with van der Waals surface area (Å²) in [4.78, 5) is 174. The summed E-state index contributed by atoms with van der Waals surface area (Å²) in [6.07, 6.45) is 0.352. The van der Waals surface area contributed by atoms with Crippen molar-refractivity contribution >= 4 is 71.4 Å². The molecule has 0 aliphatic carbocycles. The highest BCUT2D eigenvalue weighted by Gasteiger charge is 2.41. The topological polar surface area (TPSA) is 363 Å². The smallest absolute Gasteiger partial charge is 0.325 e. The van der Waals surface area contributed by atoms with Crippen molar-refractivity contribution in [1.29, 1.82) is 0 Å². The number of carbonyl (C=O) groups is 12. The number of esters is 9. The zero-order chi connectivity index (χ0) is 75.1. The number of carbonyl (C=O) groups excluding carboxylic acids is 12. The molecule has 29 heteroatoms. The third kappa shape index (κ3) is 43.6. The largest absolute Gasteiger partial charge is 0.459 e. The summed E-state index contributed by atoms with van der Waals surface area (Å²) in [6.45, 7) is 35.7. The SMILES string of the molecule is CC(C)(C)OC(=O)CN(CC(=O)OC(C)(C)C)C(CNC(=O)CN(CC(=O)NCC(C(=O)OC(C)(C)C)N(CC(=O)OC(C)(C)C)CC(=O)OC(C)(C)C)[C@H](CCCCN)C(=O)NCC(C(=O)OC(C)(C)C)N(CC(=O)OC(C)(C)C)CC(=O)OC(C)(C)C)C(=O)OC(C)(C)C. The minimum atomic E-state index is -1.61. The van der Waals surface area contributed by atoms with Gasteiger partial charge in [-0.2, -0.15) is 0 Å². The number of hydrogen-bond acceptors (Lipinski definition) is 26. The van der Waals surface area contributed by atoms with E-state index in [4.69, 9.17) is 48.4 Å². The average Bonchev–Trinajstić information content (AvgIpc) is 0.852. The van der Waals surface area contributed by atoms with Gasteiger partial charge in [-0.15, -0.1) is 0 Å². The van der Waals surface area contributed by atoms with Crippen molar-refractivity contribution in [2.45, 2.75) is 281 Å². The summed E-state index contributed by atoms with van der Waals surface area (Å²) in [6, 6.07) is -6.32. The minimum absolute atomic E-state index is 0.130. The molecular formula is C67H120N8O21. The molecule has 0 aliphatic rings. The summed E-state index contributed by atoms with van der Waals surface area (Å²) in [5, 5.41) is 8.05. The Morgan fingerprint density at radius 2 is 0.479 bits per heavy atom. The summed E-state index contributed by atoms with van der Waals surface area (Å²) < 4.78 is 50.9. The fourth-order valence-corrected chi connectivity index (χ4v) is 8.72. The molecule has 554 valence electrons. The minimum Gasteiger partial charge on any atom is -0.459 e. The molecule has 0 rings (SSSR count). The van der Waals surface area contributed by atoms with Crippen molar-refractivity contribution in [3.05, 3.63) is 0 Å². The van der Waals surface area contributed by atoms with E-state index >= 15 is 4.79 Å². The monoisotopic (exact) mass is 1370 g/mol. The highest BCUT2D eigenvalue weighted by Crippen LogP contribution is 2.21. The Labute approximate surface area is 570 Å². The Morgan fingerprint density at radius 1 is 0.281 bits per heavy atom. The number of nitrogens with one attached hydrogen (secondary N) is 3. The Bertz CT molecular complexity index is 2420. The molecule has 0 fully saturated rings. The van der Waals surface area contributed by atoms with Gasteiger partial charge in [-0.1, -0.05) is 6.42 Å². The highest BCUT2D eigenvalue weighted by atomic mass is 16.6. The molecule has 0 aromatic rings. The number of amides is 3. The van der Waals surface area contributed by atoms with Crippen LogP contribution in [-0.2, 0) is 100 Å². The molecule has 0 radical (unpaired) electrons. The number of ether oxygens (including phenoxy) is 9. The quantitative estimate of drug-likeness (QED) is 0.0398. The maximum absolute atomic E-state index is 15.2. The number of rotatable bonds is 34. The summed E-state index contributed by atoms with van der Waals surface area (Å²) in [5.41, 5.74) is -3.56. The maximum atomic E-state index is 15.2. The van der Waals surface area contributed by atoms with Crippen LogP contribution in [0, 0.1) is 0 Å². The van der Waals surface area contributed by atoms with Gasteiger partial charge in [0.25, 0.3) is 0 Å². The zero-order valence-electron chi connectivity index (χ0n) is 62.9. The van der Waals surface area contributed by atoms with Crippen LogP contribution in [0.25, 0.3) is 0 Å². The second-order valence-corrected chi connectivity index (χ2v) is 32.4. The summed E-state index contributed by atoms with van der Waals surface area (Å²) in [7, 11) is 0. The summed E-state index contributed by atoms with van der Waals surface area (Å²) in [5.74, 6) is -10.9. The molecule has 0 aromatic carbocycles. The van der Waals surface area contributed by atoms with Crippen molar-refractivity contribution in [2.24, 2.45) is 5.73 Å². The number of hydrogen-bond donors (Lipinski definition) is 4. The van der Waals surface area contributed by atoms with Crippen LogP contribution >= 0.6 is 0 Å². The fraction of sp³-hybridized carbons (Fsp3) is 0.821. The molecule has 0 saturated heterocycles. The van der Waals surface area contributed by atoms with Crippen LogP contribution in [-0.4, -0.2) is 244 Å². The third-order valence-corrected chi connectivity index (χ3v) is 11.7. The second kappa shape index (κ2) is 37.4. The number of nitrogens with two attached hydrogens (primary N) is 1. The summed E-state index contributed by atoms with van der Waals surface area (Å²) >= 11 is 0. The van der Waals surface area contributed by atoms with Crippen LogP contribution in [0.4, 0.5) is 0 Å². The van der Waals surface area contributed by atoms with E-state index in [2.05, 4.69) is 16.0 Å². The van der Waals surface area contributed by atoms with E-state index in [9.17, 15) is 52.7 Å². The third-order valence-electron chi connectivity index (χ3n) is 11.7. The lowest BCUT2D eigenvalue weighted by atomic mass is 10.1. The van der Waals surface area contributed by atoms with E-state index in [1.54, 1.807) is 187 Å². The maximum Gasteiger partial charge on any atom is 0.325 e. The van der Waals surface area contributed by atoms with Gasteiger partial charge < -0.3 is 64.3 Å². The lowest BCUT2D eigenvalue weighted by molar-refractivity contribution is -0.171. The molecule has 0 spiro atoms. The van der Waals surface area contributed by atoms with Gasteiger partial charge in [-0.25, -0.2) is 0 Å². The Hall–Kier alpha value is -6.56. The molecule has 96 heavy (non-hydrogen) atoms. The van der Waals surface area contributed by atoms with Crippen molar-refractivity contribution < 1.29 is 100 Å². The predicted molar refractivity (Wildman–Crippen MR) is 356 cm³/mol. The van der Waals surface area contributed by atoms with E-state index in [0.717, 1.165) is 19.6 Å². The first-order chi connectivity index (χ1) is 43.0. The Morgan fingerprint density at radius 3 is 0.677 bits per heavy atom. The molecule has 29 nitrogen and oxygen atoms in total. The molecular weight excluding hydrogens is 1250 g/mol. The lowest BCUT2D eigenvalue weighted by Gasteiger charge is -2.35. The van der Waals surface area contributed by atoms with Gasteiger partial charge >= 0.3 is 53.7 Å². The van der Waals surface area contributed by atoms with Crippen LogP contribution < -0.4 is 21.7 Å². The Balaban J connectivity index is 8.55. The van der Waals surface area contributed by atoms with Crippen LogP contribution in [0.5, 0.6) is 0 Å². The van der Waals surface area contributed by atoms with Gasteiger partial charge in [0.05, 0.1) is 58.4 Å². The van der Waals surface area contributed by atoms with Crippen molar-refractivity contribution in [3.8, 4) is 0 Å². The highest BCUT2D eigenvalue weighted by molar-refractivity contribution is 5.89. The standard InChI is InChI=1S/C67H120N8O21/c1-59(2,3)88-49(78)37-73(38-50(79)89-60(4,5)6)44(56(85)94-65(19,20)21)32-69-47(76)35-72(36-48(77)70-33-45(57(86)95-66(22,23)24)74(39-51(80)90-61(7,8)9)40-52(81)91-62(10,11)12)43(30-28-29-31-68)55(84)71-34-46(58(87)96-67(25,26)27)75(41-53(82)92-63(13,14)15)42-54(83)93-64(16,17)18/h43-46H,28-42,68H2,1-27H3,(H,69,76)(H,70,77)(H,71,84)/t43-,44?,45?,46?/m1/s1. The van der Waals surface area contributed by atoms with Crippen LogP contribution in [0.15, 0.2) is 0 Å². The lowest BCUT2D eigenvalue weighted by Crippen LogP contribution is -2.59. The molecule has 0 bridgehead atoms. The predicted octanol–water partition coefficient (Wildman–Crippen LogP) is 4.22. The first kappa shape index (κ1) is 89.4. The fourth-order valence-electron chi connectivity index (χ4n) is 8.72. The van der Waals surface area contributed by atoms with Gasteiger partial charge in [0, 0.05) is 19.6 Å². The first-order valence-electron chi connectivity index (χ1n) is 32.5. The van der Waals surface area contributed by atoms with Crippen LogP contribution in [0.1, 0.15) is 206 Å². The molecule has 0 heterocycles. The van der Waals surface area contributed by atoms with Crippen molar-refractivity contribution in [2.75, 3.05) is 78.5 Å². The van der Waals surface area contributed by atoms with Crippen molar-refractivity contribution in [3.63, 3.8) is 0 Å². The average molecular weight is 1370 g/mol. The van der Waals surface area contributed by atoms with Crippen LogP contribution in [0.3, 0.4) is 0 Å². The van der Waals surface area contributed by atoms with Crippen molar-refractivity contribution in [1.82, 2.24) is 35.6 Å². The van der Waals surface area contributed by atoms with Gasteiger partial charge in [0.1, 0.15) is 68.5 Å². The molecule has 5 N–H and O–H groups in total. The molecule has 0 saturated carbocycles. The van der Waals surface area contributed by atoms with E-state index in [-0.39, 0.29) is 19.4 Å². The van der Waals surface area contributed by atoms with Gasteiger partial charge in [-0.05, 0) is 206 Å². The number of unbranched alkanes of at least 4 members (excludes halogenated alkanes) is 1. The van der Waals surface area contributed by atoms with E-state index in [1.807, 2.05) is 0 Å². The number of nitrogens with zero attached hydrogens (tertiary/aromatic N) is 4. The van der Waals surface area contributed by atoms with Gasteiger partial charge in [-0.3, -0.25) is 77.1 Å². The Kier molecular flexibility index (Phi) is 34.9. The van der Waals surface area contributed by atoms with Crippen LogP contribution in [0.2, 0.25) is 0 Å². The zero-order valence-corrected chi connectivity index (χ0v) is 62.9. The normalized spacial score (nSPS) is 14.1. The first-order valence-corrected chi connectivity index (χ1v) is 32.5. The molecule has 3 amide bonds. The van der Waals surface area contributed by atoms with E-state index in [1.165, 1.54) is 0 Å². The van der Waals surface area contributed by atoms with Gasteiger partial charge in [0.15, 0.2) is 0 Å². The molecule has 3 unspecified atom stereocenters. The van der Waals surface area contributed by atoms with Gasteiger partial charge in [0.2, 0.25) is 17.7 Å². The molecule has 0 aromatic heterocycles. The molecule has 0 aliphatic heterocycles.